The first-order valence-corrected chi connectivity index (χ1v) is 6.88. The van der Waals surface area contributed by atoms with E-state index in [4.69, 9.17) is 19.6 Å². The lowest BCUT2D eigenvalue weighted by Gasteiger charge is -2.12. The van der Waals surface area contributed by atoms with Gasteiger partial charge in [-0.15, -0.1) is 0 Å². The van der Waals surface area contributed by atoms with E-state index in [0.29, 0.717) is 29.7 Å². The van der Waals surface area contributed by atoms with Gasteiger partial charge >= 0.3 is 0 Å². The van der Waals surface area contributed by atoms with Crippen LogP contribution in [0.4, 0.5) is 5.69 Å². The van der Waals surface area contributed by atoms with E-state index in [9.17, 15) is 0 Å². The van der Waals surface area contributed by atoms with Gasteiger partial charge in [0.2, 0.25) is 0 Å². The van der Waals surface area contributed by atoms with E-state index >= 15 is 0 Å². The molecule has 3 N–H and O–H groups in total. The molecular weight excluding hydrogens is 282 g/mol. The second-order valence-corrected chi connectivity index (χ2v) is 4.83. The van der Waals surface area contributed by atoms with E-state index in [-0.39, 0.29) is 0 Å². The summed E-state index contributed by atoms with van der Waals surface area (Å²) in [6.45, 7) is 4.27. The zero-order chi connectivity index (χ0) is 16.1. The van der Waals surface area contributed by atoms with Crippen LogP contribution >= 0.6 is 0 Å². The number of furan rings is 1. The van der Waals surface area contributed by atoms with Gasteiger partial charge in [0.1, 0.15) is 23.0 Å². The molecule has 2 aromatic rings. The number of hydrogen-bond donors (Lipinski definition) is 2. The summed E-state index contributed by atoms with van der Waals surface area (Å²) in [6, 6.07) is 7.37. The minimum Gasteiger partial charge on any atom is -0.497 e. The molecule has 1 heterocycles. The number of nitrogens with two attached hydrogens (primary N) is 1. The van der Waals surface area contributed by atoms with Crippen LogP contribution in [-0.2, 0) is 6.54 Å². The molecule has 0 spiro atoms. The average molecular weight is 303 g/mol. The topological polar surface area (TPSA) is 82.0 Å². The third kappa shape index (κ3) is 3.72. The van der Waals surface area contributed by atoms with E-state index in [0.717, 1.165) is 17.1 Å². The lowest BCUT2D eigenvalue weighted by atomic mass is 10.2. The van der Waals surface area contributed by atoms with Crippen molar-refractivity contribution in [3.63, 3.8) is 0 Å². The monoisotopic (exact) mass is 303 g/mol. The number of ether oxygens (including phenoxy) is 2. The Morgan fingerprint density at radius 1 is 1.23 bits per heavy atom. The van der Waals surface area contributed by atoms with Crippen LogP contribution in [0.15, 0.2) is 33.7 Å². The number of hydrogen-bond acceptors (Lipinski definition) is 4. The largest absolute Gasteiger partial charge is 0.497 e. The second-order valence-electron chi connectivity index (χ2n) is 4.83. The quantitative estimate of drug-likeness (QED) is 0.655. The van der Waals surface area contributed by atoms with Crippen LogP contribution in [0, 0.1) is 13.8 Å². The summed E-state index contributed by atoms with van der Waals surface area (Å²) < 4.78 is 15.9. The molecule has 0 unspecified atom stereocenters. The Labute approximate surface area is 129 Å². The van der Waals surface area contributed by atoms with Gasteiger partial charge in [-0.25, -0.2) is 4.99 Å². The van der Waals surface area contributed by atoms with Crippen molar-refractivity contribution in [1.29, 1.82) is 0 Å². The first-order valence-electron chi connectivity index (χ1n) is 6.88. The third-order valence-electron chi connectivity index (χ3n) is 3.23. The molecular formula is C16H21N3O3. The Kier molecular flexibility index (Phi) is 4.93. The summed E-state index contributed by atoms with van der Waals surface area (Å²) in [7, 11) is 3.20. The standard InChI is InChI=1S/C16H21N3O3/c1-10-7-12(11(2)22-10)9-18-16(17)19-14-8-13(20-3)5-6-15(14)21-4/h5-8H,9H2,1-4H3,(H3,17,18,19). The SMILES string of the molecule is COc1ccc(OC)c(NC(N)=NCc2cc(C)oc2C)c1. The third-order valence-corrected chi connectivity index (χ3v) is 3.23. The van der Waals surface area contributed by atoms with Gasteiger partial charge in [-0.05, 0) is 32.0 Å². The summed E-state index contributed by atoms with van der Waals surface area (Å²) in [5.74, 6) is 3.38. The minimum absolute atomic E-state index is 0.296. The molecule has 0 aliphatic carbocycles. The normalized spacial score (nSPS) is 11.4. The maximum absolute atomic E-state index is 5.94. The van der Waals surface area contributed by atoms with Crippen LogP contribution in [0.3, 0.4) is 0 Å². The number of anilines is 1. The molecule has 0 atom stereocenters. The average Bonchev–Trinajstić information content (AvgIpc) is 2.83. The van der Waals surface area contributed by atoms with Crippen LogP contribution < -0.4 is 20.5 Å². The first kappa shape index (κ1) is 15.8. The van der Waals surface area contributed by atoms with Crippen molar-refractivity contribution in [3.05, 3.63) is 41.3 Å². The molecule has 0 aliphatic rings. The van der Waals surface area contributed by atoms with Gasteiger partial charge in [-0.1, -0.05) is 0 Å². The minimum atomic E-state index is 0.296. The summed E-state index contributed by atoms with van der Waals surface area (Å²) >= 11 is 0. The van der Waals surface area contributed by atoms with Crippen LogP contribution in [0.25, 0.3) is 0 Å². The van der Waals surface area contributed by atoms with Crippen molar-refractivity contribution in [3.8, 4) is 11.5 Å². The molecule has 0 amide bonds. The Morgan fingerprint density at radius 3 is 2.59 bits per heavy atom. The zero-order valence-corrected chi connectivity index (χ0v) is 13.3. The summed E-state index contributed by atoms with van der Waals surface area (Å²) in [4.78, 5) is 4.32. The zero-order valence-electron chi connectivity index (χ0n) is 13.3. The van der Waals surface area contributed by atoms with Crippen molar-refractivity contribution < 1.29 is 13.9 Å². The van der Waals surface area contributed by atoms with Crippen LogP contribution in [0.1, 0.15) is 17.1 Å². The van der Waals surface area contributed by atoms with Crippen LogP contribution in [-0.4, -0.2) is 20.2 Å². The van der Waals surface area contributed by atoms with E-state index in [1.807, 2.05) is 26.0 Å². The second kappa shape index (κ2) is 6.89. The molecule has 0 aliphatic heterocycles. The van der Waals surface area contributed by atoms with Gasteiger partial charge in [0.15, 0.2) is 5.96 Å². The maximum atomic E-state index is 5.94. The molecule has 6 nitrogen and oxygen atoms in total. The Balaban J connectivity index is 2.12. The number of aryl methyl sites for hydroxylation is 2. The number of aliphatic imine (C=N–C) groups is 1. The number of methoxy groups -OCH3 is 2. The molecule has 0 bridgehead atoms. The number of rotatable bonds is 5. The molecule has 0 fully saturated rings. The predicted octanol–water partition coefficient (Wildman–Crippen LogP) is 2.84. The van der Waals surface area contributed by atoms with Gasteiger partial charge in [0, 0.05) is 11.6 Å². The van der Waals surface area contributed by atoms with Gasteiger partial charge in [-0.3, -0.25) is 0 Å². The fourth-order valence-electron chi connectivity index (χ4n) is 2.10. The summed E-state index contributed by atoms with van der Waals surface area (Å²) in [6.07, 6.45) is 0. The van der Waals surface area contributed by atoms with Crippen molar-refractivity contribution in [2.45, 2.75) is 20.4 Å². The maximum Gasteiger partial charge on any atom is 0.193 e. The Bertz CT molecular complexity index is 677. The highest BCUT2D eigenvalue weighted by molar-refractivity contribution is 5.94. The molecule has 118 valence electrons. The molecule has 22 heavy (non-hydrogen) atoms. The summed E-state index contributed by atoms with van der Waals surface area (Å²) in [5, 5.41) is 3.02. The van der Waals surface area contributed by atoms with Crippen molar-refractivity contribution >= 4 is 11.6 Å². The van der Waals surface area contributed by atoms with Gasteiger partial charge < -0.3 is 24.9 Å². The lowest BCUT2D eigenvalue weighted by molar-refractivity contribution is 0.405. The first-order chi connectivity index (χ1) is 10.5. The fourth-order valence-corrected chi connectivity index (χ4v) is 2.10. The fraction of sp³-hybridized carbons (Fsp3) is 0.312. The van der Waals surface area contributed by atoms with Crippen molar-refractivity contribution in [2.24, 2.45) is 10.7 Å². The number of benzene rings is 1. The summed E-state index contributed by atoms with van der Waals surface area (Å²) in [5.41, 5.74) is 7.65. The molecule has 0 saturated carbocycles. The van der Waals surface area contributed by atoms with Crippen LogP contribution in [0.2, 0.25) is 0 Å². The van der Waals surface area contributed by atoms with E-state index in [2.05, 4.69) is 10.3 Å². The number of guanidine groups is 1. The predicted molar refractivity (Wildman–Crippen MR) is 86.7 cm³/mol. The van der Waals surface area contributed by atoms with Crippen molar-refractivity contribution in [2.75, 3.05) is 19.5 Å². The van der Waals surface area contributed by atoms with Crippen molar-refractivity contribution in [1.82, 2.24) is 0 Å². The molecule has 1 aromatic heterocycles. The smallest absolute Gasteiger partial charge is 0.193 e. The highest BCUT2D eigenvalue weighted by Gasteiger charge is 2.07. The van der Waals surface area contributed by atoms with E-state index in [1.165, 1.54) is 0 Å². The molecule has 1 aromatic carbocycles. The van der Waals surface area contributed by atoms with E-state index < -0.39 is 0 Å². The highest BCUT2D eigenvalue weighted by atomic mass is 16.5. The molecule has 6 heteroatoms. The molecule has 0 radical (unpaired) electrons. The molecule has 2 rings (SSSR count). The number of nitrogens with zero attached hydrogens (tertiary/aromatic N) is 1. The van der Waals surface area contributed by atoms with Gasteiger partial charge in [0.25, 0.3) is 0 Å². The van der Waals surface area contributed by atoms with Gasteiger partial charge in [0.05, 0.1) is 26.5 Å². The Morgan fingerprint density at radius 2 is 2.00 bits per heavy atom. The molecule has 0 saturated heterocycles. The van der Waals surface area contributed by atoms with Gasteiger partial charge in [-0.2, -0.15) is 0 Å². The lowest BCUT2D eigenvalue weighted by Crippen LogP contribution is -2.23. The highest BCUT2D eigenvalue weighted by Crippen LogP contribution is 2.28. The Hall–Kier alpha value is -2.63. The van der Waals surface area contributed by atoms with Crippen LogP contribution in [0.5, 0.6) is 11.5 Å². The van der Waals surface area contributed by atoms with E-state index in [1.54, 1.807) is 26.4 Å². The number of nitrogens with one attached hydrogen (secondary N) is 1.